The van der Waals surface area contributed by atoms with Crippen molar-refractivity contribution in [2.45, 2.75) is 107 Å². The standard InChI is InChI=1S/C36H45N9O10/c1-17(2)11-26(46)52-13-22-27(47)29(49)35(3,54-22)24-9-7-21-32(39)42-33(43-45(21)24)18-5-4-6-19(12-18)34(51)53-14-23-28(48)30(50)36(15-37,55-23)25-10-8-20-31(38)40-16-41-44(20)25/h7-10,16-19,22-23,27-30,47-50H,4-6,11-14H2,1-3H3,(H2,38,40,41)(H2,39,42,43)/t18?,19?,22-,23-,27-,28-,29-,30-,35+,36+/m1/s1. The van der Waals surface area contributed by atoms with Crippen molar-refractivity contribution in [2.24, 2.45) is 11.8 Å². The Labute approximate surface area is 314 Å². The van der Waals surface area contributed by atoms with Crippen molar-refractivity contribution in [3.05, 3.63) is 47.8 Å². The monoisotopic (exact) mass is 763 g/mol. The van der Waals surface area contributed by atoms with Crippen LogP contribution in [0.25, 0.3) is 11.0 Å². The first kappa shape index (κ1) is 38.3. The van der Waals surface area contributed by atoms with Crippen LogP contribution < -0.4 is 11.5 Å². The number of aliphatic hydroxyl groups excluding tert-OH is 4. The fourth-order valence-electron chi connectivity index (χ4n) is 7.95. The molecule has 0 spiro atoms. The molecule has 1 aliphatic carbocycles. The smallest absolute Gasteiger partial charge is 0.309 e. The fourth-order valence-corrected chi connectivity index (χ4v) is 7.95. The highest BCUT2D eigenvalue weighted by Gasteiger charge is 2.58. The molecule has 55 heavy (non-hydrogen) atoms. The average molecular weight is 764 g/mol. The Balaban J connectivity index is 1.04. The second kappa shape index (κ2) is 14.6. The largest absolute Gasteiger partial charge is 0.463 e. The molecule has 0 radical (unpaired) electrons. The summed E-state index contributed by atoms with van der Waals surface area (Å²) in [5, 5.41) is 63.2. The Kier molecular flexibility index (Phi) is 10.2. The number of ether oxygens (including phenoxy) is 4. The molecule has 3 fully saturated rings. The van der Waals surface area contributed by atoms with Crippen molar-refractivity contribution in [2.75, 3.05) is 24.7 Å². The van der Waals surface area contributed by atoms with Crippen LogP contribution in [0.1, 0.15) is 76.0 Å². The van der Waals surface area contributed by atoms with Gasteiger partial charge in [0.15, 0.2) is 17.5 Å². The molecule has 0 bridgehead atoms. The van der Waals surface area contributed by atoms with E-state index in [0.29, 0.717) is 48.2 Å². The first-order valence-corrected chi connectivity index (χ1v) is 18.2. The van der Waals surface area contributed by atoms with E-state index in [0.717, 1.165) is 0 Å². The zero-order valence-electron chi connectivity index (χ0n) is 30.6. The second-order valence-corrected chi connectivity index (χ2v) is 15.1. The summed E-state index contributed by atoms with van der Waals surface area (Å²) < 4.78 is 25.9. The average Bonchev–Trinajstić information content (AvgIpc) is 3.91. The highest BCUT2D eigenvalue weighted by Crippen LogP contribution is 2.43. The molecule has 6 heterocycles. The number of esters is 2. The summed E-state index contributed by atoms with van der Waals surface area (Å²) in [7, 11) is 0. The van der Waals surface area contributed by atoms with Crippen molar-refractivity contribution >= 4 is 34.6 Å². The molecule has 4 aromatic rings. The quantitative estimate of drug-likeness (QED) is 0.118. The highest BCUT2D eigenvalue weighted by atomic mass is 16.6. The number of aromatic nitrogens is 6. The van der Waals surface area contributed by atoms with E-state index in [9.17, 15) is 35.3 Å². The number of carbonyl (C=O) groups is 2. The number of nitrogens with two attached hydrogens (primary N) is 2. The van der Waals surface area contributed by atoms with Crippen molar-refractivity contribution < 1.29 is 49.0 Å². The van der Waals surface area contributed by atoms with Crippen LogP contribution in [0, 0.1) is 23.2 Å². The van der Waals surface area contributed by atoms with E-state index >= 15 is 0 Å². The maximum atomic E-state index is 13.5. The minimum absolute atomic E-state index is 0.0891. The Bertz CT molecular complexity index is 2140. The SMILES string of the molecule is CC(C)CC(=O)OC[C@H]1O[C@@](C)(c2ccc3c(N)nc(C4CCCC(C(=O)OC[C@H]5O[C@@](C#N)(c6ccc7c(N)ncnn67)[C@H](O)[C@@H]5O)C4)nn23)[C@H](O)[C@@H]1O. The lowest BCUT2D eigenvalue weighted by atomic mass is 9.81. The predicted molar refractivity (Wildman–Crippen MR) is 189 cm³/mol. The Morgan fingerprint density at radius 3 is 2.36 bits per heavy atom. The van der Waals surface area contributed by atoms with Gasteiger partial charge in [0.05, 0.1) is 17.3 Å². The molecule has 2 saturated heterocycles. The van der Waals surface area contributed by atoms with Gasteiger partial charge in [0.1, 0.15) is 78.9 Å². The Hall–Kier alpha value is -4.97. The molecule has 0 aromatic carbocycles. The van der Waals surface area contributed by atoms with Gasteiger partial charge in [-0.25, -0.2) is 19.0 Å². The predicted octanol–water partition coefficient (Wildman–Crippen LogP) is 0.218. The lowest BCUT2D eigenvalue weighted by Gasteiger charge is -2.29. The molecule has 294 valence electrons. The minimum atomic E-state index is -2.04. The summed E-state index contributed by atoms with van der Waals surface area (Å²) in [4.78, 5) is 34.1. The number of aliphatic hydroxyl groups is 4. The van der Waals surface area contributed by atoms with E-state index in [-0.39, 0.29) is 42.2 Å². The molecule has 10 atom stereocenters. The molecular formula is C36H45N9O10. The number of hydrogen-bond acceptors (Lipinski definition) is 17. The zero-order valence-corrected chi connectivity index (χ0v) is 30.6. The molecule has 8 N–H and O–H groups in total. The fraction of sp³-hybridized carbons (Fsp3) is 0.583. The van der Waals surface area contributed by atoms with Crippen molar-refractivity contribution in [1.82, 2.24) is 29.2 Å². The first-order valence-electron chi connectivity index (χ1n) is 18.2. The van der Waals surface area contributed by atoms with Crippen molar-refractivity contribution in [3.8, 4) is 6.07 Å². The van der Waals surface area contributed by atoms with Gasteiger partial charge in [-0.05, 0) is 56.4 Å². The van der Waals surface area contributed by atoms with Crippen LogP contribution in [0.3, 0.4) is 0 Å². The van der Waals surface area contributed by atoms with E-state index < -0.39 is 72.3 Å². The molecule has 4 aromatic heterocycles. The van der Waals surface area contributed by atoms with Gasteiger partial charge >= 0.3 is 11.9 Å². The number of rotatable bonds is 10. The van der Waals surface area contributed by atoms with Crippen molar-refractivity contribution in [1.29, 1.82) is 5.26 Å². The van der Waals surface area contributed by atoms with E-state index in [1.807, 2.05) is 19.9 Å². The van der Waals surface area contributed by atoms with Crippen LogP contribution in [0.4, 0.5) is 11.6 Å². The summed E-state index contributed by atoms with van der Waals surface area (Å²) in [6.07, 6.45) is -4.77. The number of hydrogen-bond donors (Lipinski definition) is 6. The lowest BCUT2D eigenvalue weighted by Crippen LogP contribution is -2.41. The molecular weight excluding hydrogens is 718 g/mol. The molecule has 0 amide bonds. The summed E-state index contributed by atoms with van der Waals surface area (Å²) in [5.74, 6) is -1.13. The summed E-state index contributed by atoms with van der Waals surface area (Å²) in [6, 6.07) is 8.38. The van der Waals surface area contributed by atoms with Gasteiger partial charge < -0.3 is 50.8 Å². The summed E-state index contributed by atoms with van der Waals surface area (Å²) in [6.45, 7) is 4.70. The second-order valence-electron chi connectivity index (χ2n) is 15.1. The molecule has 19 heteroatoms. The third-order valence-corrected chi connectivity index (χ3v) is 11.0. The molecule has 7 rings (SSSR count). The van der Waals surface area contributed by atoms with Crippen LogP contribution in [0.2, 0.25) is 0 Å². The van der Waals surface area contributed by atoms with Crippen molar-refractivity contribution in [3.63, 3.8) is 0 Å². The van der Waals surface area contributed by atoms with Gasteiger partial charge in [0, 0.05) is 12.3 Å². The number of anilines is 2. The first-order chi connectivity index (χ1) is 26.2. The maximum absolute atomic E-state index is 13.5. The van der Waals surface area contributed by atoms with Gasteiger partial charge in [-0.2, -0.15) is 15.5 Å². The number of nitrogen functional groups attached to an aromatic ring is 2. The Morgan fingerprint density at radius 1 is 0.964 bits per heavy atom. The maximum Gasteiger partial charge on any atom is 0.309 e. The van der Waals surface area contributed by atoms with Gasteiger partial charge in [0.25, 0.3) is 0 Å². The van der Waals surface area contributed by atoms with Crippen LogP contribution >= 0.6 is 0 Å². The number of nitrogens with zero attached hydrogens (tertiary/aromatic N) is 7. The van der Waals surface area contributed by atoms with Crippen LogP contribution in [-0.4, -0.2) is 111 Å². The van der Waals surface area contributed by atoms with Crippen LogP contribution in [0.5, 0.6) is 0 Å². The van der Waals surface area contributed by atoms with E-state index in [2.05, 4.69) is 15.1 Å². The molecule has 3 aliphatic rings. The topological polar surface area (TPSA) is 288 Å². The molecule has 19 nitrogen and oxygen atoms in total. The molecule has 2 unspecified atom stereocenters. The molecule has 2 aliphatic heterocycles. The van der Waals surface area contributed by atoms with Gasteiger partial charge in [-0.15, -0.1) is 0 Å². The van der Waals surface area contributed by atoms with Crippen LogP contribution in [0.15, 0.2) is 30.6 Å². The third-order valence-electron chi connectivity index (χ3n) is 11.0. The van der Waals surface area contributed by atoms with Gasteiger partial charge in [0.2, 0.25) is 5.60 Å². The number of carbonyl (C=O) groups excluding carboxylic acids is 2. The Morgan fingerprint density at radius 2 is 1.64 bits per heavy atom. The molecule has 1 saturated carbocycles. The number of nitriles is 1. The highest BCUT2D eigenvalue weighted by molar-refractivity contribution is 5.73. The van der Waals surface area contributed by atoms with E-state index in [1.165, 1.54) is 21.4 Å². The third kappa shape index (κ3) is 6.62. The van der Waals surface area contributed by atoms with E-state index in [1.54, 1.807) is 25.1 Å². The summed E-state index contributed by atoms with van der Waals surface area (Å²) >= 11 is 0. The van der Waals surface area contributed by atoms with Crippen LogP contribution in [-0.2, 0) is 39.7 Å². The van der Waals surface area contributed by atoms with Gasteiger partial charge in [-0.1, -0.05) is 20.3 Å². The van der Waals surface area contributed by atoms with Gasteiger partial charge in [-0.3, -0.25) is 9.59 Å². The zero-order chi connectivity index (χ0) is 39.4. The minimum Gasteiger partial charge on any atom is -0.463 e. The summed E-state index contributed by atoms with van der Waals surface area (Å²) in [5.41, 5.74) is 10.2. The number of fused-ring (bicyclic) bond motifs is 2. The normalized spacial score (nSPS) is 32.3. The van der Waals surface area contributed by atoms with E-state index in [4.69, 9.17) is 35.5 Å². The lowest BCUT2D eigenvalue weighted by molar-refractivity contribution is -0.156.